The average Bonchev–Trinajstić information content (AvgIpc) is 2.37. The van der Waals surface area contributed by atoms with Gasteiger partial charge in [0.25, 0.3) is 0 Å². The number of carbonyl (C=O) groups is 2. The minimum Gasteiger partial charge on any atom is -0.480 e. The van der Waals surface area contributed by atoms with Crippen molar-refractivity contribution in [2.75, 3.05) is 26.2 Å². The molecule has 1 atom stereocenters. The van der Waals surface area contributed by atoms with Crippen molar-refractivity contribution in [2.45, 2.75) is 40.2 Å². The third kappa shape index (κ3) is 3.22. The molecule has 1 unspecified atom stereocenters. The van der Waals surface area contributed by atoms with Crippen LogP contribution in [0.15, 0.2) is 0 Å². The van der Waals surface area contributed by atoms with Crippen molar-refractivity contribution in [1.29, 1.82) is 0 Å². The first-order valence-electron chi connectivity index (χ1n) is 6.56. The second kappa shape index (κ2) is 5.69. The third-order valence-electron chi connectivity index (χ3n) is 3.97. The molecule has 104 valence electrons. The quantitative estimate of drug-likeness (QED) is 0.816. The Kier molecular flexibility index (Phi) is 4.73. The lowest BCUT2D eigenvalue weighted by Crippen LogP contribution is -2.55. The number of carboxylic acid groups (broad SMARTS) is 1. The maximum Gasteiger partial charge on any atom is 0.320 e. The van der Waals surface area contributed by atoms with Crippen LogP contribution in [0.5, 0.6) is 0 Å². The lowest BCUT2D eigenvalue weighted by molar-refractivity contribution is -0.146. The summed E-state index contributed by atoms with van der Waals surface area (Å²) >= 11 is 0. The van der Waals surface area contributed by atoms with E-state index in [2.05, 4.69) is 0 Å². The van der Waals surface area contributed by atoms with E-state index in [1.807, 2.05) is 30.6 Å². The highest BCUT2D eigenvalue weighted by Gasteiger charge is 2.33. The lowest BCUT2D eigenvalue weighted by atomic mass is 9.88. The summed E-state index contributed by atoms with van der Waals surface area (Å²) in [6.07, 6.45) is 0.817. The van der Waals surface area contributed by atoms with E-state index in [-0.39, 0.29) is 11.3 Å². The van der Waals surface area contributed by atoms with Crippen molar-refractivity contribution in [3.05, 3.63) is 0 Å². The SMILES string of the molecule is CCC(C)(C)C(=O)N1CCN(C(C)C(=O)O)CC1. The van der Waals surface area contributed by atoms with Gasteiger partial charge in [-0.3, -0.25) is 14.5 Å². The van der Waals surface area contributed by atoms with Crippen LogP contribution < -0.4 is 0 Å². The molecule has 0 saturated carbocycles. The summed E-state index contributed by atoms with van der Waals surface area (Å²) in [5.74, 6) is -0.628. The first-order valence-corrected chi connectivity index (χ1v) is 6.56. The summed E-state index contributed by atoms with van der Waals surface area (Å²) in [4.78, 5) is 26.9. The van der Waals surface area contributed by atoms with Crippen molar-refractivity contribution >= 4 is 11.9 Å². The highest BCUT2D eigenvalue weighted by Crippen LogP contribution is 2.23. The fourth-order valence-electron chi connectivity index (χ4n) is 2.05. The van der Waals surface area contributed by atoms with E-state index >= 15 is 0 Å². The number of amides is 1. The minimum atomic E-state index is -0.802. The number of aliphatic carboxylic acids is 1. The number of hydrogen-bond donors (Lipinski definition) is 1. The summed E-state index contributed by atoms with van der Waals surface area (Å²) < 4.78 is 0. The first-order chi connectivity index (χ1) is 8.29. The molecular formula is C13H24N2O3. The maximum absolute atomic E-state index is 12.3. The molecule has 1 aliphatic rings. The van der Waals surface area contributed by atoms with Gasteiger partial charge in [0.2, 0.25) is 5.91 Å². The Balaban J connectivity index is 2.54. The van der Waals surface area contributed by atoms with Crippen molar-refractivity contribution in [3.8, 4) is 0 Å². The van der Waals surface area contributed by atoms with Crippen molar-refractivity contribution in [1.82, 2.24) is 9.80 Å². The predicted molar refractivity (Wildman–Crippen MR) is 69.3 cm³/mol. The van der Waals surface area contributed by atoms with Crippen LogP contribution in [0.3, 0.4) is 0 Å². The Morgan fingerprint density at radius 2 is 1.72 bits per heavy atom. The zero-order valence-electron chi connectivity index (χ0n) is 11.8. The number of carbonyl (C=O) groups excluding carboxylic acids is 1. The molecule has 1 rings (SSSR count). The van der Waals surface area contributed by atoms with Gasteiger partial charge in [0.05, 0.1) is 0 Å². The summed E-state index contributed by atoms with van der Waals surface area (Å²) in [5.41, 5.74) is -0.319. The lowest BCUT2D eigenvalue weighted by Gasteiger charge is -2.39. The van der Waals surface area contributed by atoms with Gasteiger partial charge in [-0.15, -0.1) is 0 Å². The zero-order chi connectivity index (χ0) is 13.9. The zero-order valence-corrected chi connectivity index (χ0v) is 11.8. The molecule has 5 heteroatoms. The van der Waals surface area contributed by atoms with Gasteiger partial charge in [0.15, 0.2) is 0 Å². The van der Waals surface area contributed by atoms with E-state index in [1.54, 1.807) is 6.92 Å². The molecule has 0 aliphatic carbocycles. The molecule has 5 nitrogen and oxygen atoms in total. The largest absolute Gasteiger partial charge is 0.480 e. The molecule has 0 aromatic heterocycles. The molecular weight excluding hydrogens is 232 g/mol. The van der Waals surface area contributed by atoms with Gasteiger partial charge in [0.1, 0.15) is 6.04 Å². The fraction of sp³-hybridized carbons (Fsp3) is 0.846. The second-order valence-electron chi connectivity index (χ2n) is 5.58. The molecule has 1 heterocycles. The van der Waals surface area contributed by atoms with E-state index in [0.29, 0.717) is 26.2 Å². The van der Waals surface area contributed by atoms with Crippen LogP contribution >= 0.6 is 0 Å². The van der Waals surface area contributed by atoms with E-state index in [9.17, 15) is 9.59 Å². The van der Waals surface area contributed by atoms with Gasteiger partial charge in [-0.2, -0.15) is 0 Å². The molecule has 0 aromatic carbocycles. The molecule has 1 N–H and O–H groups in total. The van der Waals surface area contributed by atoms with Gasteiger partial charge >= 0.3 is 5.97 Å². The summed E-state index contributed by atoms with van der Waals surface area (Å²) in [6.45, 7) is 10.2. The Morgan fingerprint density at radius 1 is 1.22 bits per heavy atom. The van der Waals surface area contributed by atoms with Crippen LogP contribution in [0.1, 0.15) is 34.1 Å². The second-order valence-corrected chi connectivity index (χ2v) is 5.58. The molecule has 0 spiro atoms. The smallest absolute Gasteiger partial charge is 0.320 e. The predicted octanol–water partition coefficient (Wildman–Crippen LogP) is 1.04. The highest BCUT2D eigenvalue weighted by molar-refractivity contribution is 5.82. The van der Waals surface area contributed by atoms with Gasteiger partial charge in [-0.1, -0.05) is 20.8 Å². The van der Waals surface area contributed by atoms with Crippen LogP contribution in [0.25, 0.3) is 0 Å². The first kappa shape index (κ1) is 15.0. The molecule has 1 fully saturated rings. The average molecular weight is 256 g/mol. The van der Waals surface area contributed by atoms with E-state index in [4.69, 9.17) is 5.11 Å². The van der Waals surface area contributed by atoms with Crippen LogP contribution in [-0.2, 0) is 9.59 Å². The van der Waals surface area contributed by atoms with Crippen molar-refractivity contribution in [2.24, 2.45) is 5.41 Å². The normalized spacial score (nSPS) is 19.7. The van der Waals surface area contributed by atoms with Crippen LogP contribution in [0.2, 0.25) is 0 Å². The number of nitrogens with zero attached hydrogens (tertiary/aromatic N) is 2. The van der Waals surface area contributed by atoms with Gasteiger partial charge < -0.3 is 10.0 Å². The summed E-state index contributed by atoms with van der Waals surface area (Å²) in [7, 11) is 0. The summed E-state index contributed by atoms with van der Waals surface area (Å²) in [5, 5.41) is 8.95. The number of rotatable bonds is 4. The standard InChI is InChI=1S/C13H24N2O3/c1-5-13(3,4)12(18)15-8-6-14(7-9-15)10(2)11(16)17/h10H,5-9H2,1-4H3,(H,16,17). The summed E-state index contributed by atoms with van der Waals surface area (Å²) in [6, 6.07) is -0.471. The van der Waals surface area contributed by atoms with E-state index in [0.717, 1.165) is 6.42 Å². The fourth-order valence-corrected chi connectivity index (χ4v) is 2.05. The maximum atomic E-state index is 12.3. The van der Waals surface area contributed by atoms with E-state index < -0.39 is 12.0 Å². The molecule has 18 heavy (non-hydrogen) atoms. The van der Waals surface area contributed by atoms with E-state index in [1.165, 1.54) is 0 Å². The monoisotopic (exact) mass is 256 g/mol. The van der Waals surface area contributed by atoms with Gasteiger partial charge in [-0.25, -0.2) is 0 Å². The van der Waals surface area contributed by atoms with Crippen LogP contribution in [-0.4, -0.2) is 59.0 Å². The Hall–Kier alpha value is -1.10. The van der Waals surface area contributed by atoms with Crippen molar-refractivity contribution in [3.63, 3.8) is 0 Å². The molecule has 0 bridgehead atoms. The molecule has 1 saturated heterocycles. The molecule has 1 aliphatic heterocycles. The van der Waals surface area contributed by atoms with Crippen LogP contribution in [0, 0.1) is 5.41 Å². The molecule has 0 radical (unpaired) electrons. The van der Waals surface area contributed by atoms with Crippen molar-refractivity contribution < 1.29 is 14.7 Å². The Bertz CT molecular complexity index is 320. The van der Waals surface area contributed by atoms with Gasteiger partial charge in [-0.05, 0) is 13.3 Å². The number of carboxylic acids is 1. The number of hydrogen-bond acceptors (Lipinski definition) is 3. The minimum absolute atomic E-state index is 0.174. The van der Waals surface area contributed by atoms with Gasteiger partial charge in [0, 0.05) is 31.6 Å². The third-order valence-corrected chi connectivity index (χ3v) is 3.97. The van der Waals surface area contributed by atoms with Crippen LogP contribution in [0.4, 0.5) is 0 Å². The topological polar surface area (TPSA) is 60.9 Å². The molecule has 0 aromatic rings. The Morgan fingerprint density at radius 3 is 2.11 bits per heavy atom. The highest BCUT2D eigenvalue weighted by atomic mass is 16.4. The molecule has 1 amide bonds. The Labute approximate surface area is 109 Å². The number of piperazine rings is 1.